The van der Waals surface area contributed by atoms with Crippen LogP contribution in [-0.4, -0.2) is 19.1 Å². The third kappa shape index (κ3) is 2.26. The number of methoxy groups -OCH3 is 1. The van der Waals surface area contributed by atoms with Crippen molar-refractivity contribution in [1.82, 2.24) is 5.32 Å². The molecule has 3 nitrogen and oxygen atoms in total. The van der Waals surface area contributed by atoms with E-state index in [1.165, 1.54) is 12.8 Å². The molecule has 1 amide bonds. The fourth-order valence-electron chi connectivity index (χ4n) is 4.58. The second-order valence-electron chi connectivity index (χ2n) is 7.77. The number of nitrogens with one attached hydrogen (secondary N) is 1. The van der Waals surface area contributed by atoms with Crippen LogP contribution < -0.4 is 5.32 Å². The van der Waals surface area contributed by atoms with Crippen LogP contribution >= 0.6 is 0 Å². The summed E-state index contributed by atoms with van der Waals surface area (Å²) in [6, 6.07) is 8.01. The Hall–Kier alpha value is -1.35. The zero-order valence-corrected chi connectivity index (χ0v) is 14.1. The molecule has 3 atom stereocenters. The first-order valence-electron chi connectivity index (χ1n) is 8.27. The maximum absolute atomic E-state index is 12.6. The lowest BCUT2D eigenvalue weighted by Gasteiger charge is -2.39. The Kier molecular flexibility index (Phi) is 3.80. The van der Waals surface area contributed by atoms with Gasteiger partial charge in [-0.2, -0.15) is 0 Å². The molecule has 2 aliphatic rings. The Labute approximate surface area is 133 Å². The maximum atomic E-state index is 12.6. The highest BCUT2D eigenvalue weighted by molar-refractivity contribution is 5.94. The van der Waals surface area contributed by atoms with E-state index in [0.717, 1.165) is 23.5 Å². The van der Waals surface area contributed by atoms with E-state index in [0.29, 0.717) is 18.1 Å². The van der Waals surface area contributed by atoms with Gasteiger partial charge in [-0.05, 0) is 53.7 Å². The van der Waals surface area contributed by atoms with Crippen molar-refractivity contribution in [2.75, 3.05) is 7.11 Å². The van der Waals surface area contributed by atoms with Crippen molar-refractivity contribution in [3.63, 3.8) is 0 Å². The van der Waals surface area contributed by atoms with E-state index in [1.807, 2.05) is 24.3 Å². The number of hydrogen-bond donors (Lipinski definition) is 1. The van der Waals surface area contributed by atoms with Crippen LogP contribution in [0.2, 0.25) is 0 Å². The molecular formula is C19H27NO2. The molecule has 1 aromatic carbocycles. The Morgan fingerprint density at radius 2 is 1.95 bits per heavy atom. The van der Waals surface area contributed by atoms with E-state index in [9.17, 15) is 4.79 Å². The van der Waals surface area contributed by atoms with Gasteiger partial charge in [-0.1, -0.05) is 32.9 Å². The minimum Gasteiger partial charge on any atom is -0.380 e. The molecule has 0 unspecified atom stereocenters. The van der Waals surface area contributed by atoms with Gasteiger partial charge in [0.25, 0.3) is 5.91 Å². The maximum Gasteiger partial charge on any atom is 0.251 e. The molecule has 22 heavy (non-hydrogen) atoms. The minimum atomic E-state index is 0.0542. The smallest absolute Gasteiger partial charge is 0.251 e. The van der Waals surface area contributed by atoms with Crippen LogP contribution in [0.25, 0.3) is 0 Å². The summed E-state index contributed by atoms with van der Waals surface area (Å²) >= 11 is 0. The SMILES string of the molecule is COCc1ccc(C(=O)N[C@@H]2C[C@H]3CC[C@@]2(C)C3(C)C)cc1. The molecule has 0 saturated heterocycles. The third-order valence-electron chi connectivity index (χ3n) is 6.63. The van der Waals surface area contributed by atoms with Crippen LogP contribution in [0.5, 0.6) is 0 Å². The van der Waals surface area contributed by atoms with E-state index in [2.05, 4.69) is 26.1 Å². The van der Waals surface area contributed by atoms with E-state index < -0.39 is 0 Å². The number of carbonyl (C=O) groups is 1. The molecule has 2 fully saturated rings. The van der Waals surface area contributed by atoms with Crippen molar-refractivity contribution in [3.05, 3.63) is 35.4 Å². The van der Waals surface area contributed by atoms with Gasteiger partial charge < -0.3 is 10.1 Å². The number of amides is 1. The lowest BCUT2D eigenvalue weighted by Crippen LogP contribution is -2.46. The van der Waals surface area contributed by atoms with Gasteiger partial charge in [-0.3, -0.25) is 4.79 Å². The molecule has 2 saturated carbocycles. The summed E-state index contributed by atoms with van der Waals surface area (Å²) in [7, 11) is 1.68. The van der Waals surface area contributed by atoms with Crippen molar-refractivity contribution in [2.24, 2.45) is 16.7 Å². The molecule has 120 valence electrons. The molecular weight excluding hydrogens is 274 g/mol. The van der Waals surface area contributed by atoms with Crippen LogP contribution in [0.1, 0.15) is 56.0 Å². The molecule has 2 aliphatic carbocycles. The Balaban J connectivity index is 1.70. The molecule has 0 aromatic heterocycles. The van der Waals surface area contributed by atoms with Gasteiger partial charge in [0.15, 0.2) is 0 Å². The van der Waals surface area contributed by atoms with Crippen molar-refractivity contribution >= 4 is 5.91 Å². The molecule has 3 rings (SSSR count). The predicted octanol–water partition coefficient (Wildman–Crippen LogP) is 3.78. The van der Waals surface area contributed by atoms with E-state index in [-0.39, 0.29) is 11.3 Å². The lowest BCUT2D eigenvalue weighted by molar-refractivity contribution is 0.0826. The number of hydrogen-bond acceptors (Lipinski definition) is 2. The van der Waals surface area contributed by atoms with Gasteiger partial charge in [-0.15, -0.1) is 0 Å². The Morgan fingerprint density at radius 1 is 1.27 bits per heavy atom. The minimum absolute atomic E-state index is 0.0542. The summed E-state index contributed by atoms with van der Waals surface area (Å²) in [4.78, 5) is 12.6. The summed E-state index contributed by atoms with van der Waals surface area (Å²) in [6.07, 6.45) is 3.65. The molecule has 0 spiro atoms. The summed E-state index contributed by atoms with van der Waals surface area (Å²) in [5, 5.41) is 3.30. The standard InChI is InChI=1S/C19H27NO2/c1-18(2)15-9-10-19(18,3)16(11-15)20-17(21)14-7-5-13(6-8-14)12-22-4/h5-8,15-16H,9-12H2,1-4H3,(H,20,21)/t15-,16-,19-/m1/s1. The quantitative estimate of drug-likeness (QED) is 0.919. The monoisotopic (exact) mass is 301 g/mol. The molecule has 2 bridgehead atoms. The van der Waals surface area contributed by atoms with Gasteiger partial charge in [-0.25, -0.2) is 0 Å². The first-order chi connectivity index (χ1) is 10.4. The molecule has 1 N–H and O–H groups in total. The topological polar surface area (TPSA) is 38.3 Å². The summed E-state index contributed by atoms with van der Waals surface area (Å²) in [5.74, 6) is 0.797. The van der Waals surface area contributed by atoms with Crippen molar-refractivity contribution in [2.45, 2.75) is 52.7 Å². The molecule has 3 heteroatoms. The van der Waals surface area contributed by atoms with Gasteiger partial charge in [0.1, 0.15) is 0 Å². The van der Waals surface area contributed by atoms with Crippen molar-refractivity contribution in [3.8, 4) is 0 Å². The Morgan fingerprint density at radius 3 is 2.45 bits per heavy atom. The van der Waals surface area contributed by atoms with Gasteiger partial charge in [0.05, 0.1) is 6.61 Å². The first-order valence-corrected chi connectivity index (χ1v) is 8.27. The largest absolute Gasteiger partial charge is 0.380 e. The molecule has 1 aromatic rings. The number of ether oxygens (including phenoxy) is 1. The predicted molar refractivity (Wildman–Crippen MR) is 87.6 cm³/mol. The highest BCUT2D eigenvalue weighted by atomic mass is 16.5. The van der Waals surface area contributed by atoms with Crippen molar-refractivity contribution in [1.29, 1.82) is 0 Å². The average Bonchev–Trinajstić information content (AvgIpc) is 2.81. The number of fused-ring (bicyclic) bond motifs is 2. The number of benzene rings is 1. The zero-order chi connectivity index (χ0) is 16.0. The summed E-state index contributed by atoms with van der Waals surface area (Å²) < 4.78 is 5.10. The number of carbonyl (C=O) groups excluding carboxylic acids is 1. The summed E-state index contributed by atoms with van der Waals surface area (Å²) in [5.41, 5.74) is 2.38. The van der Waals surface area contributed by atoms with E-state index in [1.54, 1.807) is 7.11 Å². The molecule has 0 heterocycles. The van der Waals surface area contributed by atoms with Gasteiger partial charge in [0.2, 0.25) is 0 Å². The fraction of sp³-hybridized carbons (Fsp3) is 0.632. The number of rotatable bonds is 4. The highest BCUT2D eigenvalue weighted by Crippen LogP contribution is 2.65. The Bertz CT molecular complexity index is 563. The van der Waals surface area contributed by atoms with Crippen LogP contribution in [0, 0.1) is 16.7 Å². The van der Waals surface area contributed by atoms with Crippen LogP contribution in [0.3, 0.4) is 0 Å². The summed E-state index contributed by atoms with van der Waals surface area (Å²) in [6.45, 7) is 7.68. The second-order valence-corrected chi connectivity index (χ2v) is 7.77. The third-order valence-corrected chi connectivity index (χ3v) is 6.63. The van der Waals surface area contributed by atoms with Gasteiger partial charge >= 0.3 is 0 Å². The van der Waals surface area contributed by atoms with Crippen LogP contribution in [0.4, 0.5) is 0 Å². The first kappa shape index (κ1) is 15.5. The highest BCUT2D eigenvalue weighted by Gasteiger charge is 2.61. The van der Waals surface area contributed by atoms with E-state index in [4.69, 9.17) is 4.74 Å². The normalized spacial score (nSPS) is 32.2. The van der Waals surface area contributed by atoms with Crippen LogP contribution in [-0.2, 0) is 11.3 Å². The van der Waals surface area contributed by atoms with Crippen LogP contribution in [0.15, 0.2) is 24.3 Å². The second kappa shape index (κ2) is 5.38. The van der Waals surface area contributed by atoms with Crippen molar-refractivity contribution < 1.29 is 9.53 Å². The average molecular weight is 301 g/mol. The zero-order valence-electron chi connectivity index (χ0n) is 14.1. The van der Waals surface area contributed by atoms with E-state index >= 15 is 0 Å². The van der Waals surface area contributed by atoms with Gasteiger partial charge in [0, 0.05) is 18.7 Å². The molecule has 0 radical (unpaired) electrons. The fourth-order valence-corrected chi connectivity index (χ4v) is 4.58. The lowest BCUT2D eigenvalue weighted by atomic mass is 9.69. The molecule has 0 aliphatic heterocycles.